The molecule has 1 amide bonds. The van der Waals surface area contributed by atoms with Crippen molar-refractivity contribution in [3.05, 3.63) is 88.9 Å². The normalized spacial score (nSPS) is 16.9. The Balaban J connectivity index is 1.47. The highest BCUT2D eigenvalue weighted by Gasteiger charge is 2.51. The van der Waals surface area contributed by atoms with Crippen LogP contribution in [-0.4, -0.2) is 29.2 Å². The first-order valence-corrected chi connectivity index (χ1v) is 13.1. The van der Waals surface area contributed by atoms with Crippen LogP contribution in [0.1, 0.15) is 87.5 Å². The summed E-state index contributed by atoms with van der Waals surface area (Å²) < 4.78 is 25.6. The van der Waals surface area contributed by atoms with Gasteiger partial charge in [-0.25, -0.2) is 9.37 Å². The number of benzene rings is 2. The molecule has 0 bridgehead atoms. The molecule has 1 unspecified atom stereocenters. The molecule has 4 rings (SSSR count). The summed E-state index contributed by atoms with van der Waals surface area (Å²) in [6.07, 6.45) is 1.80. The van der Waals surface area contributed by atoms with Gasteiger partial charge in [0.05, 0.1) is 22.8 Å². The Morgan fingerprint density at radius 1 is 0.947 bits per heavy atom. The van der Waals surface area contributed by atoms with Crippen molar-refractivity contribution in [1.29, 1.82) is 0 Å². The number of anilines is 1. The molecule has 0 aliphatic carbocycles. The molecule has 2 N–H and O–H groups in total. The van der Waals surface area contributed by atoms with E-state index in [0.29, 0.717) is 17.9 Å². The number of hydrogen-bond acceptors (Lipinski definition) is 5. The summed E-state index contributed by atoms with van der Waals surface area (Å²) >= 11 is 0. The number of rotatable bonds is 8. The van der Waals surface area contributed by atoms with Gasteiger partial charge in [0.25, 0.3) is 5.91 Å². The maximum absolute atomic E-state index is 13.3. The quantitative estimate of drug-likeness (QED) is 0.373. The summed E-state index contributed by atoms with van der Waals surface area (Å²) in [6.45, 7) is 14.6. The van der Waals surface area contributed by atoms with Gasteiger partial charge in [-0.15, -0.1) is 0 Å². The predicted octanol–water partition coefficient (Wildman–Crippen LogP) is 5.75. The molecule has 1 saturated heterocycles. The zero-order valence-corrected chi connectivity index (χ0v) is 23.3. The monoisotopic (exact) mass is 517 g/mol. The number of aromatic nitrogens is 1. The predicted molar refractivity (Wildman–Crippen MR) is 150 cm³/mol. The summed E-state index contributed by atoms with van der Waals surface area (Å²) in [7, 11) is -0.411. The molecule has 1 atom stereocenters. The van der Waals surface area contributed by atoms with E-state index in [9.17, 15) is 9.18 Å². The van der Waals surface area contributed by atoms with Crippen molar-refractivity contribution in [2.24, 2.45) is 0 Å². The molecule has 1 aliphatic rings. The van der Waals surface area contributed by atoms with Crippen molar-refractivity contribution in [2.45, 2.75) is 78.2 Å². The number of pyridine rings is 1. The van der Waals surface area contributed by atoms with Gasteiger partial charge in [0.1, 0.15) is 11.6 Å². The number of nitrogens with zero attached hydrogens (tertiary/aromatic N) is 1. The fourth-order valence-electron chi connectivity index (χ4n) is 4.18. The summed E-state index contributed by atoms with van der Waals surface area (Å²) in [5.41, 5.74) is 3.48. The molecule has 6 nitrogen and oxygen atoms in total. The first-order valence-electron chi connectivity index (χ1n) is 13.1. The van der Waals surface area contributed by atoms with Gasteiger partial charge < -0.3 is 19.9 Å². The third-order valence-electron chi connectivity index (χ3n) is 7.50. The van der Waals surface area contributed by atoms with E-state index in [-0.39, 0.29) is 23.7 Å². The minimum Gasteiger partial charge on any atom is -0.399 e. The van der Waals surface area contributed by atoms with Crippen molar-refractivity contribution in [3.8, 4) is 0 Å². The smallest absolute Gasteiger partial charge is 0.399 e. The van der Waals surface area contributed by atoms with Gasteiger partial charge in [0.15, 0.2) is 0 Å². The molecule has 8 heteroatoms. The van der Waals surface area contributed by atoms with Crippen LogP contribution in [0.4, 0.5) is 10.2 Å². The van der Waals surface area contributed by atoms with Crippen molar-refractivity contribution >= 4 is 24.3 Å². The Morgan fingerprint density at radius 3 is 2.13 bits per heavy atom. The molecule has 1 aromatic heterocycles. The zero-order valence-electron chi connectivity index (χ0n) is 23.3. The summed E-state index contributed by atoms with van der Waals surface area (Å²) in [5, 5.41) is 6.35. The van der Waals surface area contributed by atoms with Gasteiger partial charge in [-0.1, -0.05) is 50.2 Å². The van der Waals surface area contributed by atoms with E-state index in [1.54, 1.807) is 18.3 Å². The molecule has 200 valence electrons. The van der Waals surface area contributed by atoms with Gasteiger partial charge in [0, 0.05) is 12.7 Å². The Kier molecular flexibility index (Phi) is 7.95. The number of carbonyl (C=O) groups is 1. The van der Waals surface area contributed by atoms with Crippen molar-refractivity contribution in [3.63, 3.8) is 0 Å². The van der Waals surface area contributed by atoms with Gasteiger partial charge in [-0.05, 0) is 80.9 Å². The van der Waals surface area contributed by atoms with Crippen molar-refractivity contribution < 1.29 is 18.5 Å². The second-order valence-electron chi connectivity index (χ2n) is 11.2. The lowest BCUT2D eigenvalue weighted by Crippen LogP contribution is -2.41. The molecule has 1 fully saturated rings. The van der Waals surface area contributed by atoms with Crippen LogP contribution in [0.5, 0.6) is 0 Å². The van der Waals surface area contributed by atoms with Gasteiger partial charge in [-0.2, -0.15) is 0 Å². The van der Waals surface area contributed by atoms with Crippen molar-refractivity contribution in [2.75, 3.05) is 5.32 Å². The van der Waals surface area contributed by atoms with Crippen LogP contribution < -0.4 is 16.1 Å². The van der Waals surface area contributed by atoms with Crippen molar-refractivity contribution in [1.82, 2.24) is 10.3 Å². The maximum Gasteiger partial charge on any atom is 0.494 e. The highest BCUT2D eigenvalue weighted by Crippen LogP contribution is 2.36. The molecule has 2 aromatic carbocycles. The molecule has 0 spiro atoms. The number of carbonyl (C=O) groups excluding carboxylic acids is 1. The lowest BCUT2D eigenvalue weighted by molar-refractivity contribution is 0.00578. The maximum atomic E-state index is 13.3. The van der Waals surface area contributed by atoms with Crippen LogP contribution in [0.15, 0.2) is 60.8 Å². The summed E-state index contributed by atoms with van der Waals surface area (Å²) in [5.74, 6) is 0.181. The first-order chi connectivity index (χ1) is 17.9. The first kappa shape index (κ1) is 27.8. The van der Waals surface area contributed by atoms with Crippen LogP contribution in [0, 0.1) is 5.82 Å². The average Bonchev–Trinajstić information content (AvgIpc) is 3.09. The lowest BCUT2D eigenvalue weighted by Gasteiger charge is -2.32. The van der Waals surface area contributed by atoms with Gasteiger partial charge in [-0.3, -0.25) is 4.79 Å². The largest absolute Gasteiger partial charge is 0.494 e. The number of amides is 1. The van der Waals surface area contributed by atoms with Gasteiger partial charge in [0.2, 0.25) is 0 Å². The number of hydrogen-bond donors (Lipinski definition) is 2. The number of nitrogens with one attached hydrogen (secondary N) is 2. The fraction of sp³-hybridized carbons (Fsp3) is 0.400. The second kappa shape index (κ2) is 10.9. The Hall–Kier alpha value is -3.23. The van der Waals surface area contributed by atoms with Crippen LogP contribution in [0.3, 0.4) is 0 Å². The van der Waals surface area contributed by atoms with Crippen LogP contribution in [0.25, 0.3) is 0 Å². The molecule has 0 saturated carbocycles. The third-order valence-corrected chi connectivity index (χ3v) is 7.50. The molecular weight excluding hydrogens is 480 g/mol. The molecule has 0 radical (unpaired) electrons. The molecule has 38 heavy (non-hydrogen) atoms. The minimum absolute atomic E-state index is 0.222. The molecular formula is C30H37BFN3O3. The van der Waals surface area contributed by atoms with E-state index < -0.39 is 18.3 Å². The van der Waals surface area contributed by atoms with E-state index in [1.165, 1.54) is 12.1 Å². The Morgan fingerprint density at radius 2 is 1.55 bits per heavy atom. The summed E-state index contributed by atoms with van der Waals surface area (Å²) in [4.78, 5) is 17.9. The van der Waals surface area contributed by atoms with E-state index in [1.807, 2.05) is 65.0 Å². The van der Waals surface area contributed by atoms with Crippen LogP contribution in [0.2, 0.25) is 0 Å². The van der Waals surface area contributed by atoms with Crippen LogP contribution >= 0.6 is 0 Å². The highest BCUT2D eigenvalue weighted by atomic mass is 19.1. The van der Waals surface area contributed by atoms with Gasteiger partial charge >= 0.3 is 7.12 Å². The zero-order chi connectivity index (χ0) is 27.7. The average molecular weight is 517 g/mol. The lowest BCUT2D eigenvalue weighted by atomic mass is 9.79. The summed E-state index contributed by atoms with van der Waals surface area (Å²) in [6, 6.07) is 15.8. The molecule has 3 aromatic rings. The van der Waals surface area contributed by atoms with Crippen LogP contribution in [-0.2, 0) is 15.9 Å². The standard InChI is InChI=1S/C30H37BFN3O3/c1-19(2)23-16-26(28(36)35-20(3)22-10-14-25(32)15-11-22)27(34-18-23)33-17-21-8-12-24(13-9-21)31-37-29(4,5)30(6,7)38-31/h8-16,18-20H,17H2,1-7H3,(H,33,34)(H,35,36). The fourth-order valence-corrected chi connectivity index (χ4v) is 4.18. The Labute approximate surface area is 225 Å². The number of halogens is 1. The van der Waals surface area contributed by atoms with E-state index in [2.05, 4.69) is 29.5 Å². The van der Waals surface area contributed by atoms with E-state index in [0.717, 1.165) is 22.2 Å². The molecule has 1 aliphatic heterocycles. The van der Waals surface area contributed by atoms with E-state index >= 15 is 0 Å². The second-order valence-corrected chi connectivity index (χ2v) is 11.2. The Bertz CT molecular complexity index is 1260. The SMILES string of the molecule is CC(C)c1cnc(NCc2ccc(B3OC(C)(C)C(C)(C)O3)cc2)c(C(=O)NC(C)c2ccc(F)cc2)c1. The minimum atomic E-state index is -0.411. The topological polar surface area (TPSA) is 72.5 Å². The third kappa shape index (κ3) is 6.08. The highest BCUT2D eigenvalue weighted by molar-refractivity contribution is 6.62. The van der Waals surface area contributed by atoms with E-state index in [4.69, 9.17) is 9.31 Å². The molecule has 2 heterocycles.